The standard InChI is InChI=1S/C54H101NO10/c1-3-5-7-9-11-13-15-17-19-21-22-23-24-26-28-30-32-34-36-38-40-42-47(58)53(63)55-45(44-64-54-52(62)51(61)50(60)48(43-56)65-54)49(59)46(57)41-39-37-35-33-31-29-27-25-20-18-16-14-12-10-8-6-4-2/h14,16,25,27,33,35,45-52,54,56-62H,3-13,15,17-24,26,28-32,34,36-44H2,1-2H3,(H,55,63)/b16-14+,27-25+,35-33+. The van der Waals surface area contributed by atoms with Crippen molar-refractivity contribution in [2.24, 2.45) is 0 Å². The molecule has 65 heavy (non-hydrogen) atoms. The summed E-state index contributed by atoms with van der Waals surface area (Å²) < 4.78 is 11.1. The molecule has 8 N–H and O–H groups in total. The number of allylic oxidation sites excluding steroid dienone is 6. The quantitative estimate of drug-likeness (QED) is 0.0216. The Hall–Kier alpha value is -1.67. The van der Waals surface area contributed by atoms with E-state index in [2.05, 4.69) is 55.6 Å². The van der Waals surface area contributed by atoms with Gasteiger partial charge in [-0.15, -0.1) is 0 Å². The molecule has 0 saturated carbocycles. The van der Waals surface area contributed by atoms with Crippen LogP contribution in [0.3, 0.4) is 0 Å². The molecular weight excluding hydrogens is 823 g/mol. The van der Waals surface area contributed by atoms with Gasteiger partial charge in [-0.25, -0.2) is 0 Å². The van der Waals surface area contributed by atoms with Crippen molar-refractivity contribution in [2.75, 3.05) is 13.2 Å². The molecule has 1 heterocycles. The van der Waals surface area contributed by atoms with E-state index in [1.54, 1.807) is 0 Å². The number of aliphatic hydroxyl groups is 7. The number of carbonyl (C=O) groups excluding carboxylic acids is 1. The topological polar surface area (TPSA) is 189 Å². The van der Waals surface area contributed by atoms with Gasteiger partial charge in [-0.3, -0.25) is 4.79 Å². The number of amides is 1. The molecule has 1 aliphatic rings. The van der Waals surface area contributed by atoms with Crippen LogP contribution in [0.25, 0.3) is 0 Å². The molecule has 9 atom stereocenters. The predicted octanol–water partition coefficient (Wildman–Crippen LogP) is 10.3. The van der Waals surface area contributed by atoms with Crippen LogP contribution in [0.5, 0.6) is 0 Å². The molecule has 1 amide bonds. The maximum Gasteiger partial charge on any atom is 0.249 e. The average molecular weight is 924 g/mol. The average Bonchev–Trinajstić information content (AvgIpc) is 3.31. The van der Waals surface area contributed by atoms with Gasteiger partial charge in [0.05, 0.1) is 25.4 Å². The van der Waals surface area contributed by atoms with Gasteiger partial charge >= 0.3 is 0 Å². The summed E-state index contributed by atoms with van der Waals surface area (Å²) in [4.78, 5) is 13.1. The number of hydrogen-bond donors (Lipinski definition) is 8. The van der Waals surface area contributed by atoms with Gasteiger partial charge in [0.15, 0.2) is 6.29 Å². The zero-order chi connectivity index (χ0) is 47.6. The van der Waals surface area contributed by atoms with Gasteiger partial charge in [-0.1, -0.05) is 204 Å². The summed E-state index contributed by atoms with van der Waals surface area (Å²) >= 11 is 0. The fourth-order valence-corrected chi connectivity index (χ4v) is 8.47. The Balaban J connectivity index is 2.38. The van der Waals surface area contributed by atoms with Crippen molar-refractivity contribution >= 4 is 5.91 Å². The van der Waals surface area contributed by atoms with Crippen LogP contribution in [0.1, 0.15) is 232 Å². The van der Waals surface area contributed by atoms with Gasteiger partial charge in [0.1, 0.15) is 36.6 Å². The van der Waals surface area contributed by atoms with Gasteiger partial charge in [0.25, 0.3) is 0 Å². The zero-order valence-corrected chi connectivity index (χ0v) is 41.5. The molecule has 1 fully saturated rings. The highest BCUT2D eigenvalue weighted by Gasteiger charge is 2.44. The van der Waals surface area contributed by atoms with E-state index in [-0.39, 0.29) is 12.8 Å². The van der Waals surface area contributed by atoms with Crippen molar-refractivity contribution < 1.29 is 50.0 Å². The lowest BCUT2D eigenvalue weighted by Gasteiger charge is -2.40. The van der Waals surface area contributed by atoms with E-state index in [9.17, 15) is 40.5 Å². The monoisotopic (exact) mass is 924 g/mol. The van der Waals surface area contributed by atoms with Crippen molar-refractivity contribution in [1.82, 2.24) is 5.32 Å². The van der Waals surface area contributed by atoms with E-state index in [1.807, 2.05) is 0 Å². The normalized spacial score (nSPS) is 21.2. The fraction of sp³-hybridized carbons (Fsp3) is 0.870. The third-order valence-electron chi connectivity index (χ3n) is 12.9. The first-order valence-electron chi connectivity index (χ1n) is 26.9. The van der Waals surface area contributed by atoms with Crippen molar-refractivity contribution in [3.8, 4) is 0 Å². The molecule has 0 aromatic carbocycles. The minimum absolute atomic E-state index is 0.242. The van der Waals surface area contributed by atoms with E-state index >= 15 is 0 Å². The fourth-order valence-electron chi connectivity index (χ4n) is 8.47. The SMILES string of the molecule is CCCCCC/C=C/CC/C=C/CC/C=C/CCCC(O)C(O)C(COC1OC(CO)C(O)C(O)C1O)NC(=O)C(O)CCCCCCCCCCCCCCCCCCCCCCC. The van der Waals surface area contributed by atoms with Crippen LogP contribution in [0.2, 0.25) is 0 Å². The van der Waals surface area contributed by atoms with E-state index < -0.39 is 74.2 Å². The summed E-state index contributed by atoms with van der Waals surface area (Å²) in [5.74, 6) is -0.710. The second-order valence-corrected chi connectivity index (χ2v) is 18.9. The molecular formula is C54H101NO10. The molecule has 382 valence electrons. The van der Waals surface area contributed by atoms with Crippen LogP contribution in [0.4, 0.5) is 0 Å². The van der Waals surface area contributed by atoms with Gasteiger partial charge in [-0.05, 0) is 64.2 Å². The third kappa shape index (κ3) is 32.7. The largest absolute Gasteiger partial charge is 0.394 e. The van der Waals surface area contributed by atoms with Gasteiger partial charge in [0, 0.05) is 0 Å². The second kappa shape index (κ2) is 43.6. The first kappa shape index (κ1) is 61.3. The van der Waals surface area contributed by atoms with Crippen molar-refractivity contribution in [1.29, 1.82) is 0 Å². The highest BCUT2D eigenvalue weighted by Crippen LogP contribution is 2.23. The van der Waals surface area contributed by atoms with E-state index in [0.717, 1.165) is 44.9 Å². The van der Waals surface area contributed by atoms with Crippen LogP contribution < -0.4 is 5.32 Å². The zero-order valence-electron chi connectivity index (χ0n) is 41.5. The lowest BCUT2D eigenvalue weighted by atomic mass is 9.98. The summed E-state index contributed by atoms with van der Waals surface area (Å²) in [5.41, 5.74) is 0. The smallest absolute Gasteiger partial charge is 0.249 e. The molecule has 1 rings (SSSR count). The molecule has 0 bridgehead atoms. The van der Waals surface area contributed by atoms with Crippen LogP contribution in [0, 0.1) is 0 Å². The summed E-state index contributed by atoms with van der Waals surface area (Å²) in [6.45, 7) is 3.42. The number of hydrogen-bond acceptors (Lipinski definition) is 10. The number of aliphatic hydroxyl groups excluding tert-OH is 7. The first-order chi connectivity index (χ1) is 31.7. The minimum Gasteiger partial charge on any atom is -0.394 e. The molecule has 9 unspecified atom stereocenters. The highest BCUT2D eigenvalue weighted by atomic mass is 16.7. The summed E-state index contributed by atoms with van der Waals surface area (Å²) in [6.07, 6.45) is 40.5. The van der Waals surface area contributed by atoms with E-state index in [4.69, 9.17) is 9.47 Å². The van der Waals surface area contributed by atoms with Crippen LogP contribution >= 0.6 is 0 Å². The minimum atomic E-state index is -1.67. The Morgan fingerprint density at radius 2 is 0.923 bits per heavy atom. The molecule has 0 radical (unpaired) electrons. The molecule has 11 nitrogen and oxygen atoms in total. The van der Waals surface area contributed by atoms with Crippen molar-refractivity contribution in [2.45, 2.75) is 287 Å². The van der Waals surface area contributed by atoms with Crippen molar-refractivity contribution in [3.05, 3.63) is 36.5 Å². The molecule has 1 saturated heterocycles. The molecule has 11 heteroatoms. The summed E-state index contributed by atoms with van der Waals surface area (Å²) in [7, 11) is 0. The Bertz CT molecular complexity index is 1150. The Kier molecular flexibility index (Phi) is 41.1. The molecule has 1 aliphatic heterocycles. The number of ether oxygens (including phenoxy) is 2. The maximum absolute atomic E-state index is 13.1. The Morgan fingerprint density at radius 3 is 1.37 bits per heavy atom. The molecule has 0 aromatic heterocycles. The van der Waals surface area contributed by atoms with Crippen LogP contribution in [0.15, 0.2) is 36.5 Å². The Labute approximate surface area is 397 Å². The Morgan fingerprint density at radius 1 is 0.523 bits per heavy atom. The van der Waals surface area contributed by atoms with Crippen LogP contribution in [-0.2, 0) is 14.3 Å². The van der Waals surface area contributed by atoms with Gasteiger partial charge < -0.3 is 50.5 Å². The van der Waals surface area contributed by atoms with Gasteiger partial charge in [0.2, 0.25) is 5.91 Å². The lowest BCUT2D eigenvalue weighted by Crippen LogP contribution is -2.60. The number of unbranched alkanes of at least 4 members (excludes halogenated alkanes) is 27. The van der Waals surface area contributed by atoms with Gasteiger partial charge in [-0.2, -0.15) is 0 Å². The summed E-state index contributed by atoms with van der Waals surface area (Å²) in [6, 6.07) is -1.19. The van der Waals surface area contributed by atoms with Crippen molar-refractivity contribution in [3.63, 3.8) is 0 Å². The number of nitrogens with one attached hydrogen (secondary N) is 1. The third-order valence-corrected chi connectivity index (χ3v) is 12.9. The van der Waals surface area contributed by atoms with E-state index in [1.165, 1.54) is 141 Å². The van der Waals surface area contributed by atoms with Crippen LogP contribution in [-0.4, -0.2) is 110 Å². The maximum atomic E-state index is 13.1. The van der Waals surface area contributed by atoms with E-state index in [0.29, 0.717) is 19.3 Å². The lowest BCUT2D eigenvalue weighted by molar-refractivity contribution is -0.303. The summed E-state index contributed by atoms with van der Waals surface area (Å²) in [5, 5.41) is 75.9. The molecule has 0 aliphatic carbocycles. The number of rotatable bonds is 45. The first-order valence-corrected chi connectivity index (χ1v) is 26.9. The highest BCUT2D eigenvalue weighted by molar-refractivity contribution is 5.80. The second-order valence-electron chi connectivity index (χ2n) is 18.9. The molecule has 0 spiro atoms. The number of carbonyl (C=O) groups is 1. The molecule has 0 aromatic rings. The predicted molar refractivity (Wildman–Crippen MR) is 265 cm³/mol.